The van der Waals surface area contributed by atoms with Crippen molar-refractivity contribution in [3.63, 3.8) is 0 Å². The lowest BCUT2D eigenvalue weighted by molar-refractivity contribution is -0.141. The van der Waals surface area contributed by atoms with Crippen LogP contribution in [0.2, 0.25) is 0 Å². The number of hydrogen-bond donors (Lipinski definition) is 1. The molecule has 1 aliphatic carbocycles. The van der Waals surface area contributed by atoms with Crippen LogP contribution in [0.4, 0.5) is 10.5 Å². The number of amides is 4. The summed E-state index contributed by atoms with van der Waals surface area (Å²) in [6.07, 6.45) is 4.55. The Labute approximate surface area is 152 Å². The number of benzene rings is 1. The molecule has 2 aliphatic heterocycles. The van der Waals surface area contributed by atoms with Crippen molar-refractivity contribution in [3.8, 4) is 5.75 Å². The number of likely N-dealkylation sites (tertiary alicyclic amines) is 1. The van der Waals surface area contributed by atoms with E-state index in [-0.39, 0.29) is 23.8 Å². The molecular formula is C19H23N3O4. The maximum Gasteiger partial charge on any atom is 0.329 e. The van der Waals surface area contributed by atoms with Crippen LogP contribution in [-0.4, -0.2) is 48.5 Å². The minimum absolute atomic E-state index is 0.0180. The molecule has 138 valence electrons. The lowest BCUT2D eigenvalue weighted by Crippen LogP contribution is -2.65. The van der Waals surface area contributed by atoms with Crippen LogP contribution in [0.1, 0.15) is 32.1 Å². The number of urea groups is 1. The monoisotopic (exact) mass is 357 g/mol. The van der Waals surface area contributed by atoms with Crippen LogP contribution in [0.15, 0.2) is 24.3 Å². The third-order valence-electron chi connectivity index (χ3n) is 5.68. The summed E-state index contributed by atoms with van der Waals surface area (Å²) in [5.74, 6) is 0.306. The van der Waals surface area contributed by atoms with Crippen molar-refractivity contribution in [2.75, 3.05) is 18.6 Å². The first-order valence-electron chi connectivity index (χ1n) is 9.19. The number of rotatable bonds is 3. The Morgan fingerprint density at radius 3 is 2.69 bits per heavy atom. The Morgan fingerprint density at radius 1 is 1.19 bits per heavy atom. The molecule has 0 bridgehead atoms. The molecule has 3 aliphatic rings. The minimum atomic E-state index is -0.619. The fourth-order valence-corrected chi connectivity index (χ4v) is 4.35. The van der Waals surface area contributed by atoms with E-state index in [0.29, 0.717) is 24.4 Å². The number of imide groups is 1. The van der Waals surface area contributed by atoms with E-state index < -0.39 is 12.1 Å². The van der Waals surface area contributed by atoms with Crippen LogP contribution in [0.5, 0.6) is 5.75 Å². The van der Waals surface area contributed by atoms with E-state index in [9.17, 15) is 14.4 Å². The van der Waals surface area contributed by atoms with E-state index in [1.54, 1.807) is 29.2 Å². The fourth-order valence-electron chi connectivity index (χ4n) is 4.35. The van der Waals surface area contributed by atoms with Gasteiger partial charge in [-0.25, -0.2) is 9.69 Å². The van der Waals surface area contributed by atoms with Crippen molar-refractivity contribution in [2.24, 2.45) is 5.92 Å². The van der Waals surface area contributed by atoms with Gasteiger partial charge >= 0.3 is 6.03 Å². The first-order valence-corrected chi connectivity index (χ1v) is 9.19. The van der Waals surface area contributed by atoms with Crippen LogP contribution in [-0.2, 0) is 9.59 Å². The van der Waals surface area contributed by atoms with Crippen LogP contribution in [0.3, 0.4) is 0 Å². The summed E-state index contributed by atoms with van der Waals surface area (Å²) in [7, 11) is 1.53. The molecule has 2 atom stereocenters. The maximum atomic E-state index is 13.2. The first-order chi connectivity index (χ1) is 12.6. The number of hydrogen-bond acceptors (Lipinski definition) is 4. The molecule has 26 heavy (non-hydrogen) atoms. The highest BCUT2D eigenvalue weighted by Gasteiger charge is 2.50. The Kier molecular flexibility index (Phi) is 4.30. The number of anilines is 1. The van der Waals surface area contributed by atoms with Gasteiger partial charge in [0.05, 0.1) is 18.8 Å². The molecule has 2 heterocycles. The summed E-state index contributed by atoms with van der Waals surface area (Å²) < 4.78 is 5.20. The number of nitrogens with zero attached hydrogens (tertiary/aromatic N) is 2. The van der Waals surface area contributed by atoms with Crippen molar-refractivity contribution < 1.29 is 19.1 Å². The summed E-state index contributed by atoms with van der Waals surface area (Å²) in [6.45, 7) is 0.517. The summed E-state index contributed by atoms with van der Waals surface area (Å²) >= 11 is 0. The van der Waals surface area contributed by atoms with Crippen molar-refractivity contribution in [3.05, 3.63) is 24.3 Å². The molecule has 4 rings (SSSR count). The molecule has 0 unspecified atom stereocenters. The van der Waals surface area contributed by atoms with Gasteiger partial charge in [0.25, 0.3) is 5.91 Å². The SMILES string of the molecule is COc1cccc(N2C(=O)N[C@@H]3CCN(C(=O)C4CCCC4)[C@@H]3C2=O)c1. The highest BCUT2D eigenvalue weighted by Crippen LogP contribution is 2.33. The van der Waals surface area contributed by atoms with Gasteiger partial charge in [0.15, 0.2) is 0 Å². The lowest BCUT2D eigenvalue weighted by Gasteiger charge is -2.37. The molecule has 1 aromatic rings. The third-order valence-corrected chi connectivity index (χ3v) is 5.68. The molecule has 7 nitrogen and oxygen atoms in total. The summed E-state index contributed by atoms with van der Waals surface area (Å²) in [4.78, 5) is 41.4. The Balaban J connectivity index is 1.61. The molecule has 1 N–H and O–H groups in total. The molecule has 1 aromatic carbocycles. The standard InChI is InChI=1S/C19H23N3O4/c1-26-14-8-4-7-13(11-14)22-18(24)16-15(20-19(22)25)9-10-21(16)17(23)12-5-2-3-6-12/h4,7-8,11-12,15-16H,2-3,5-6,9-10H2,1H3,(H,20,25)/t15-,16+/m1/s1. The predicted molar refractivity (Wildman–Crippen MR) is 94.9 cm³/mol. The second-order valence-corrected chi connectivity index (χ2v) is 7.18. The van der Waals surface area contributed by atoms with Crippen LogP contribution in [0, 0.1) is 5.92 Å². The van der Waals surface area contributed by atoms with E-state index in [0.717, 1.165) is 30.6 Å². The molecule has 1 saturated carbocycles. The zero-order valence-corrected chi connectivity index (χ0v) is 14.8. The van der Waals surface area contributed by atoms with E-state index in [2.05, 4.69) is 5.32 Å². The smallest absolute Gasteiger partial charge is 0.329 e. The van der Waals surface area contributed by atoms with Gasteiger partial charge in [-0.2, -0.15) is 0 Å². The maximum absolute atomic E-state index is 13.2. The quantitative estimate of drug-likeness (QED) is 0.896. The van der Waals surface area contributed by atoms with Gasteiger partial charge in [-0.3, -0.25) is 9.59 Å². The van der Waals surface area contributed by atoms with Gasteiger partial charge in [0.1, 0.15) is 11.8 Å². The molecular weight excluding hydrogens is 334 g/mol. The van der Waals surface area contributed by atoms with E-state index in [1.165, 1.54) is 7.11 Å². The first kappa shape index (κ1) is 16.9. The zero-order chi connectivity index (χ0) is 18.3. The largest absolute Gasteiger partial charge is 0.497 e. The minimum Gasteiger partial charge on any atom is -0.497 e. The Bertz CT molecular complexity index is 744. The number of ether oxygens (including phenoxy) is 1. The zero-order valence-electron chi connectivity index (χ0n) is 14.8. The molecule has 0 spiro atoms. The van der Waals surface area contributed by atoms with Crippen molar-refractivity contribution in [1.82, 2.24) is 10.2 Å². The molecule has 7 heteroatoms. The van der Waals surface area contributed by atoms with Gasteiger partial charge in [0.2, 0.25) is 5.91 Å². The van der Waals surface area contributed by atoms with Crippen molar-refractivity contribution in [2.45, 2.75) is 44.2 Å². The van der Waals surface area contributed by atoms with Gasteiger partial charge in [0, 0.05) is 18.5 Å². The number of fused-ring (bicyclic) bond motifs is 1. The summed E-state index contributed by atoms with van der Waals surface area (Å²) in [5.41, 5.74) is 0.450. The number of carbonyl (C=O) groups is 3. The van der Waals surface area contributed by atoms with Crippen LogP contribution >= 0.6 is 0 Å². The van der Waals surface area contributed by atoms with Crippen LogP contribution < -0.4 is 15.0 Å². The van der Waals surface area contributed by atoms with E-state index in [1.807, 2.05) is 0 Å². The van der Waals surface area contributed by atoms with E-state index in [4.69, 9.17) is 4.74 Å². The van der Waals surface area contributed by atoms with Crippen molar-refractivity contribution >= 4 is 23.5 Å². The number of methoxy groups -OCH3 is 1. The van der Waals surface area contributed by atoms with Gasteiger partial charge < -0.3 is 15.0 Å². The predicted octanol–water partition coefficient (Wildman–Crippen LogP) is 1.91. The Morgan fingerprint density at radius 2 is 1.96 bits per heavy atom. The molecule has 4 amide bonds. The molecule has 2 saturated heterocycles. The topological polar surface area (TPSA) is 79.0 Å². The fraction of sp³-hybridized carbons (Fsp3) is 0.526. The summed E-state index contributed by atoms with van der Waals surface area (Å²) in [5, 5.41) is 2.90. The highest BCUT2D eigenvalue weighted by atomic mass is 16.5. The van der Waals surface area contributed by atoms with Gasteiger partial charge in [-0.15, -0.1) is 0 Å². The second kappa shape index (κ2) is 6.63. The second-order valence-electron chi connectivity index (χ2n) is 7.18. The number of nitrogens with one attached hydrogen (secondary N) is 1. The molecule has 3 fully saturated rings. The average molecular weight is 357 g/mol. The third kappa shape index (κ3) is 2.71. The molecule has 0 radical (unpaired) electrons. The Hall–Kier alpha value is -2.57. The van der Waals surface area contributed by atoms with E-state index >= 15 is 0 Å². The molecule has 0 aromatic heterocycles. The summed E-state index contributed by atoms with van der Waals surface area (Å²) in [6, 6.07) is 5.46. The normalized spacial score (nSPS) is 26.0. The van der Waals surface area contributed by atoms with Crippen LogP contribution in [0.25, 0.3) is 0 Å². The number of carbonyl (C=O) groups excluding carboxylic acids is 3. The highest BCUT2D eigenvalue weighted by molar-refractivity contribution is 6.19. The van der Waals surface area contributed by atoms with Gasteiger partial charge in [-0.05, 0) is 31.4 Å². The van der Waals surface area contributed by atoms with Gasteiger partial charge in [-0.1, -0.05) is 18.9 Å². The van der Waals surface area contributed by atoms with Crippen molar-refractivity contribution in [1.29, 1.82) is 0 Å². The average Bonchev–Trinajstić information content (AvgIpc) is 3.31. The lowest BCUT2D eigenvalue weighted by atomic mass is 10.0.